The molecule has 3 aromatic rings. The summed E-state index contributed by atoms with van der Waals surface area (Å²) in [6.45, 7) is 1.55. The van der Waals surface area contributed by atoms with Crippen molar-refractivity contribution in [3.05, 3.63) is 42.5 Å². The summed E-state index contributed by atoms with van der Waals surface area (Å²) >= 11 is 1.35. The Labute approximate surface area is 184 Å². The number of methoxy groups -OCH3 is 3. The smallest absolute Gasteiger partial charge is 0.234 e. The molecule has 1 aromatic heterocycles. The Hall–Kier alpha value is -3.40. The number of nitrogens with zero attached hydrogens (tertiary/aromatic N) is 4. The molecule has 1 aliphatic rings. The number of rotatable bonds is 8. The number of carbonyl (C=O) groups excluding carboxylic acids is 1. The predicted octanol–water partition coefficient (Wildman–Crippen LogP) is 3.19. The third-order valence-electron chi connectivity index (χ3n) is 4.89. The second-order valence-corrected chi connectivity index (χ2v) is 7.63. The van der Waals surface area contributed by atoms with E-state index < -0.39 is 0 Å². The first-order valence-electron chi connectivity index (χ1n) is 9.62. The van der Waals surface area contributed by atoms with Gasteiger partial charge in [0.25, 0.3) is 0 Å². The highest BCUT2D eigenvalue weighted by atomic mass is 32.2. The maximum Gasteiger partial charge on any atom is 0.234 e. The largest absolute Gasteiger partial charge is 0.497 e. The van der Waals surface area contributed by atoms with Crippen molar-refractivity contribution in [3.63, 3.8) is 0 Å². The Morgan fingerprint density at radius 3 is 2.45 bits per heavy atom. The van der Waals surface area contributed by atoms with Gasteiger partial charge in [0, 0.05) is 24.8 Å². The fraction of sp³-hybridized carbons (Fsp3) is 0.286. The van der Waals surface area contributed by atoms with Crippen molar-refractivity contribution < 1.29 is 19.0 Å². The summed E-state index contributed by atoms with van der Waals surface area (Å²) in [7, 11) is 4.77. The lowest BCUT2D eigenvalue weighted by atomic mass is 10.2. The first-order valence-corrected chi connectivity index (χ1v) is 10.6. The van der Waals surface area contributed by atoms with Crippen molar-refractivity contribution in [2.75, 3.05) is 43.8 Å². The number of nitrogens with one attached hydrogen (secondary N) is 1. The molecule has 2 aromatic carbocycles. The van der Waals surface area contributed by atoms with Crippen LogP contribution in [0, 0.1) is 0 Å². The molecule has 1 amide bonds. The normalized spacial score (nSPS) is 12.4. The zero-order valence-corrected chi connectivity index (χ0v) is 18.3. The Bertz CT molecular complexity index is 1070. The van der Waals surface area contributed by atoms with Crippen LogP contribution in [0.25, 0.3) is 0 Å². The number of hydrogen-bond donors (Lipinski definition) is 1. The molecule has 9 nitrogen and oxygen atoms in total. The summed E-state index contributed by atoms with van der Waals surface area (Å²) < 4.78 is 17.8. The fourth-order valence-electron chi connectivity index (χ4n) is 3.31. The monoisotopic (exact) mass is 441 g/mol. The molecule has 10 heteroatoms. The van der Waals surface area contributed by atoms with Crippen molar-refractivity contribution in [2.45, 2.75) is 11.7 Å². The molecule has 0 atom stereocenters. The van der Waals surface area contributed by atoms with Crippen LogP contribution in [0.15, 0.2) is 47.6 Å². The standard InChI is InChI=1S/C21H23N5O4S/c1-28-15-6-4-14(5-7-15)25-10-11-26-20(25)23-24-21(26)31-13-19(27)22-17-9-8-16(29-2)12-18(17)30-3/h4-9,12H,10-11,13H2,1-3H3,(H,22,27). The minimum atomic E-state index is -0.157. The van der Waals surface area contributed by atoms with Gasteiger partial charge in [-0.05, 0) is 36.4 Å². The highest BCUT2D eigenvalue weighted by Gasteiger charge is 2.26. The molecule has 0 bridgehead atoms. The van der Waals surface area contributed by atoms with E-state index in [4.69, 9.17) is 14.2 Å². The zero-order valence-electron chi connectivity index (χ0n) is 17.5. The van der Waals surface area contributed by atoms with Gasteiger partial charge >= 0.3 is 0 Å². The zero-order chi connectivity index (χ0) is 21.8. The Balaban J connectivity index is 1.40. The van der Waals surface area contributed by atoms with E-state index in [0.717, 1.165) is 30.5 Å². The lowest BCUT2D eigenvalue weighted by molar-refractivity contribution is -0.113. The number of aromatic nitrogens is 3. The second kappa shape index (κ2) is 9.17. The number of carbonyl (C=O) groups is 1. The summed E-state index contributed by atoms with van der Waals surface area (Å²) in [5, 5.41) is 12.2. The summed E-state index contributed by atoms with van der Waals surface area (Å²) in [4.78, 5) is 14.6. The average molecular weight is 442 g/mol. The van der Waals surface area contributed by atoms with Gasteiger partial charge in [-0.15, -0.1) is 10.2 Å². The first-order chi connectivity index (χ1) is 15.1. The second-order valence-electron chi connectivity index (χ2n) is 6.69. The first kappa shape index (κ1) is 20.9. The molecule has 162 valence electrons. The minimum absolute atomic E-state index is 0.157. The molecule has 4 rings (SSSR count). The van der Waals surface area contributed by atoms with Crippen molar-refractivity contribution in [2.24, 2.45) is 0 Å². The number of thioether (sulfide) groups is 1. The molecule has 31 heavy (non-hydrogen) atoms. The number of amides is 1. The van der Waals surface area contributed by atoms with E-state index in [1.54, 1.807) is 39.5 Å². The van der Waals surface area contributed by atoms with Crippen LogP contribution in [-0.2, 0) is 11.3 Å². The van der Waals surface area contributed by atoms with E-state index in [2.05, 4.69) is 20.4 Å². The molecule has 0 aliphatic carbocycles. The van der Waals surface area contributed by atoms with Crippen molar-refractivity contribution in [3.8, 4) is 17.2 Å². The minimum Gasteiger partial charge on any atom is -0.497 e. The highest BCUT2D eigenvalue weighted by Crippen LogP contribution is 2.33. The van der Waals surface area contributed by atoms with Gasteiger partial charge in [0.1, 0.15) is 17.2 Å². The quantitative estimate of drug-likeness (QED) is 0.533. The van der Waals surface area contributed by atoms with Gasteiger partial charge in [0.15, 0.2) is 5.16 Å². The average Bonchev–Trinajstić information content (AvgIpc) is 3.40. The lowest BCUT2D eigenvalue weighted by Crippen LogP contribution is -2.15. The van der Waals surface area contributed by atoms with Crippen LogP contribution in [-0.4, -0.2) is 54.3 Å². The van der Waals surface area contributed by atoms with E-state index in [9.17, 15) is 4.79 Å². The van der Waals surface area contributed by atoms with Crippen LogP contribution in [0.2, 0.25) is 0 Å². The molecular formula is C21H23N5O4S. The predicted molar refractivity (Wildman–Crippen MR) is 119 cm³/mol. The molecule has 1 aliphatic heterocycles. The Morgan fingerprint density at radius 1 is 1.00 bits per heavy atom. The van der Waals surface area contributed by atoms with Crippen LogP contribution < -0.4 is 24.4 Å². The number of benzene rings is 2. The number of ether oxygens (including phenoxy) is 3. The van der Waals surface area contributed by atoms with Gasteiger partial charge in [-0.3, -0.25) is 9.36 Å². The molecular weight excluding hydrogens is 418 g/mol. The number of fused-ring (bicyclic) bond motifs is 1. The van der Waals surface area contributed by atoms with E-state index >= 15 is 0 Å². The van der Waals surface area contributed by atoms with Crippen LogP contribution in [0.3, 0.4) is 0 Å². The van der Waals surface area contributed by atoms with Crippen molar-refractivity contribution in [1.82, 2.24) is 14.8 Å². The van der Waals surface area contributed by atoms with Gasteiger partial charge in [0.2, 0.25) is 11.9 Å². The van der Waals surface area contributed by atoms with Gasteiger partial charge in [-0.2, -0.15) is 0 Å². The summed E-state index contributed by atoms with van der Waals surface area (Å²) in [5.41, 5.74) is 1.61. The van der Waals surface area contributed by atoms with Gasteiger partial charge in [-0.25, -0.2) is 0 Å². The molecule has 1 N–H and O–H groups in total. The topological polar surface area (TPSA) is 90.7 Å². The molecule has 0 unspecified atom stereocenters. The van der Waals surface area contributed by atoms with Crippen molar-refractivity contribution in [1.29, 1.82) is 0 Å². The lowest BCUT2D eigenvalue weighted by Gasteiger charge is -2.15. The third-order valence-corrected chi connectivity index (χ3v) is 5.85. The van der Waals surface area contributed by atoms with Crippen LogP contribution >= 0.6 is 11.8 Å². The van der Waals surface area contributed by atoms with Crippen LogP contribution in [0.5, 0.6) is 17.2 Å². The van der Waals surface area contributed by atoms with E-state index in [1.807, 2.05) is 28.8 Å². The molecule has 2 heterocycles. The molecule has 0 radical (unpaired) electrons. The number of anilines is 3. The maximum atomic E-state index is 12.5. The Kier molecular flexibility index (Phi) is 6.17. The van der Waals surface area contributed by atoms with E-state index in [0.29, 0.717) is 22.3 Å². The molecule has 0 fully saturated rings. The van der Waals surface area contributed by atoms with Crippen LogP contribution in [0.4, 0.5) is 17.3 Å². The van der Waals surface area contributed by atoms with Gasteiger partial charge < -0.3 is 24.4 Å². The van der Waals surface area contributed by atoms with Gasteiger partial charge in [0.05, 0.1) is 32.8 Å². The summed E-state index contributed by atoms with van der Waals surface area (Å²) in [6, 6.07) is 13.1. The SMILES string of the molecule is COc1ccc(N2CCn3c(SCC(=O)Nc4ccc(OC)cc4OC)nnc32)cc1. The summed E-state index contributed by atoms with van der Waals surface area (Å²) in [6.07, 6.45) is 0. The Morgan fingerprint density at radius 2 is 1.74 bits per heavy atom. The third kappa shape index (κ3) is 4.38. The highest BCUT2D eigenvalue weighted by molar-refractivity contribution is 7.99. The van der Waals surface area contributed by atoms with Crippen molar-refractivity contribution >= 4 is 35.0 Å². The fourth-order valence-corrected chi connectivity index (χ4v) is 4.07. The van der Waals surface area contributed by atoms with Crippen LogP contribution in [0.1, 0.15) is 0 Å². The molecule has 0 saturated heterocycles. The molecule has 0 saturated carbocycles. The van der Waals surface area contributed by atoms with E-state index in [-0.39, 0.29) is 11.7 Å². The summed E-state index contributed by atoms with van der Waals surface area (Å²) in [5.74, 6) is 2.82. The molecule has 0 spiro atoms. The van der Waals surface area contributed by atoms with E-state index in [1.165, 1.54) is 11.8 Å². The number of hydrogen-bond acceptors (Lipinski definition) is 8. The van der Waals surface area contributed by atoms with Gasteiger partial charge in [-0.1, -0.05) is 11.8 Å². The maximum absolute atomic E-state index is 12.5.